The van der Waals surface area contributed by atoms with Crippen molar-refractivity contribution in [3.8, 4) is 5.82 Å². The van der Waals surface area contributed by atoms with Crippen LogP contribution in [0, 0.1) is 13.8 Å². The summed E-state index contributed by atoms with van der Waals surface area (Å²) >= 11 is 0. The van der Waals surface area contributed by atoms with E-state index < -0.39 is 23.8 Å². The Morgan fingerprint density at radius 1 is 1.07 bits per heavy atom. The molecule has 0 unspecified atom stereocenters. The van der Waals surface area contributed by atoms with Crippen LogP contribution in [0.4, 0.5) is 36.2 Å². The second-order valence-corrected chi connectivity index (χ2v) is 10.6. The van der Waals surface area contributed by atoms with Crippen LogP contribution in [-0.2, 0) is 12.7 Å². The number of nitrogens with one attached hydrogen (secondary N) is 4. The number of carbonyl (C=O) groups excluding carboxylic acids is 1. The molecule has 1 aliphatic rings. The largest absolute Gasteiger partial charge is 0.416 e. The average molecular weight is 595 g/mol. The normalized spacial score (nSPS) is 16.7. The molecule has 2 atom stereocenters. The molecule has 2 aromatic carbocycles. The molecule has 1 saturated carbocycles. The van der Waals surface area contributed by atoms with E-state index in [2.05, 4.69) is 36.3 Å². The third-order valence-electron chi connectivity index (χ3n) is 7.35. The predicted molar refractivity (Wildman–Crippen MR) is 158 cm³/mol. The molecule has 226 valence electrons. The number of halogens is 3. The van der Waals surface area contributed by atoms with Crippen LogP contribution in [-0.4, -0.2) is 50.0 Å². The van der Waals surface area contributed by atoms with E-state index in [-0.39, 0.29) is 18.2 Å². The molecule has 0 saturated heterocycles. The first-order chi connectivity index (χ1) is 20.5. The third kappa shape index (κ3) is 7.12. The lowest BCUT2D eigenvalue weighted by Crippen LogP contribution is -2.35. The highest BCUT2D eigenvalue weighted by Crippen LogP contribution is 2.32. The summed E-state index contributed by atoms with van der Waals surface area (Å²) in [5.74, 6) is 1.10. The minimum Gasteiger partial charge on any atom is -0.392 e. The van der Waals surface area contributed by atoms with E-state index in [1.54, 1.807) is 36.0 Å². The van der Waals surface area contributed by atoms with Gasteiger partial charge in [-0.15, -0.1) is 0 Å². The summed E-state index contributed by atoms with van der Waals surface area (Å²) in [5, 5.41) is 26.7. The van der Waals surface area contributed by atoms with E-state index >= 15 is 0 Å². The quantitative estimate of drug-likeness (QED) is 0.176. The maximum absolute atomic E-state index is 13.7. The van der Waals surface area contributed by atoms with Crippen LogP contribution in [0.15, 0.2) is 54.9 Å². The zero-order chi connectivity index (χ0) is 30.7. The topological polar surface area (TPSA) is 129 Å². The first-order valence-electron chi connectivity index (χ1n) is 13.9. The Kier molecular flexibility index (Phi) is 8.64. The number of aliphatic hydroxyl groups excluding tert-OH is 1. The van der Waals surface area contributed by atoms with Crippen LogP contribution in [0.3, 0.4) is 0 Å². The molecule has 5 rings (SSSR count). The molecule has 4 aromatic rings. The van der Waals surface area contributed by atoms with Gasteiger partial charge in [0.25, 0.3) is 5.91 Å². The molecular weight excluding hydrogens is 561 g/mol. The van der Waals surface area contributed by atoms with Crippen LogP contribution in [0.5, 0.6) is 0 Å². The molecular formula is C30H33F3N8O2. The summed E-state index contributed by atoms with van der Waals surface area (Å²) in [4.78, 5) is 21.7. The average Bonchev–Trinajstić information content (AvgIpc) is 3.57. The number of hydrogen-bond acceptors (Lipinski definition) is 8. The zero-order valence-corrected chi connectivity index (χ0v) is 24.0. The summed E-state index contributed by atoms with van der Waals surface area (Å²) in [6, 6.07) is 11.9. The van der Waals surface area contributed by atoms with Crippen LogP contribution in [0.1, 0.15) is 52.0 Å². The molecule has 10 nitrogen and oxygen atoms in total. The maximum Gasteiger partial charge on any atom is 0.416 e. The van der Waals surface area contributed by atoms with Crippen molar-refractivity contribution in [2.45, 2.75) is 58.0 Å². The van der Waals surface area contributed by atoms with Gasteiger partial charge in [0.15, 0.2) is 5.82 Å². The van der Waals surface area contributed by atoms with Gasteiger partial charge in [-0.25, -0.2) is 9.97 Å². The monoisotopic (exact) mass is 594 g/mol. The first-order valence-corrected chi connectivity index (χ1v) is 13.9. The van der Waals surface area contributed by atoms with Gasteiger partial charge in [0.05, 0.1) is 17.4 Å². The fraction of sp³-hybridized carbons (Fsp3) is 0.333. The number of amides is 1. The van der Waals surface area contributed by atoms with Crippen molar-refractivity contribution in [2.75, 3.05) is 23.0 Å². The van der Waals surface area contributed by atoms with Gasteiger partial charge >= 0.3 is 6.18 Å². The van der Waals surface area contributed by atoms with Crippen molar-refractivity contribution < 1.29 is 23.1 Å². The van der Waals surface area contributed by atoms with E-state index in [1.165, 1.54) is 12.4 Å². The van der Waals surface area contributed by atoms with Crippen molar-refractivity contribution in [1.82, 2.24) is 25.1 Å². The highest BCUT2D eigenvalue weighted by atomic mass is 19.4. The lowest BCUT2D eigenvalue weighted by molar-refractivity contribution is -0.137. The molecule has 1 fully saturated rings. The van der Waals surface area contributed by atoms with Gasteiger partial charge in [-0.3, -0.25) is 4.79 Å². The zero-order valence-electron chi connectivity index (χ0n) is 24.0. The van der Waals surface area contributed by atoms with Crippen molar-refractivity contribution in [2.24, 2.45) is 0 Å². The standard InChI is InChI=1S/C30H33F3N8O2/c1-17-7-8-22(13-24(17)39-28-9-18(2)40-41(28)27-14-26(34-3)36-16-37-27)38-29(43)20-10-19(11-21(12-20)30(31,32)33)15-35-23-5-4-6-25(23)42/h7-14,16,23,25,35,39,42H,4-6,15H2,1-3H3,(H,38,43)(H,34,36,37)/t23-,25+/m0/s1. The molecule has 5 N–H and O–H groups in total. The number of rotatable bonds is 9. The summed E-state index contributed by atoms with van der Waals surface area (Å²) in [6.07, 6.45) is -1.49. The molecule has 1 amide bonds. The Morgan fingerprint density at radius 3 is 2.60 bits per heavy atom. The highest BCUT2D eigenvalue weighted by Gasteiger charge is 2.32. The molecule has 0 aliphatic heterocycles. The van der Waals surface area contributed by atoms with E-state index in [0.29, 0.717) is 40.8 Å². The number of anilines is 4. The van der Waals surface area contributed by atoms with Gasteiger partial charge in [-0.05, 0) is 74.6 Å². The van der Waals surface area contributed by atoms with Gasteiger partial charge in [-0.2, -0.15) is 23.0 Å². The molecule has 0 radical (unpaired) electrons. The Hall–Kier alpha value is -4.49. The van der Waals surface area contributed by atoms with Gasteiger partial charge in [0, 0.05) is 48.7 Å². The van der Waals surface area contributed by atoms with Gasteiger partial charge in [0.2, 0.25) is 0 Å². The highest BCUT2D eigenvalue weighted by molar-refractivity contribution is 6.04. The number of benzene rings is 2. The molecule has 0 bridgehead atoms. The van der Waals surface area contributed by atoms with Gasteiger partial charge in [-0.1, -0.05) is 6.07 Å². The SMILES string of the molecule is CNc1cc(-n2nc(C)cc2Nc2cc(NC(=O)c3cc(CN[C@H]4CCC[C@H]4O)cc(C(F)(F)F)c3)ccc2C)ncn1. The fourth-order valence-electron chi connectivity index (χ4n) is 5.05. The number of alkyl halides is 3. The van der Waals surface area contributed by atoms with Crippen LogP contribution in [0.2, 0.25) is 0 Å². The predicted octanol–water partition coefficient (Wildman–Crippen LogP) is 5.34. The Balaban J connectivity index is 1.37. The fourth-order valence-corrected chi connectivity index (χ4v) is 5.05. The molecule has 2 heterocycles. The van der Waals surface area contributed by atoms with Crippen LogP contribution in [0.25, 0.3) is 5.82 Å². The number of nitrogens with zero attached hydrogens (tertiary/aromatic N) is 4. The van der Waals surface area contributed by atoms with Crippen molar-refractivity contribution in [1.29, 1.82) is 0 Å². The number of carbonyl (C=O) groups is 1. The number of hydrogen-bond donors (Lipinski definition) is 5. The Morgan fingerprint density at radius 2 is 1.88 bits per heavy atom. The van der Waals surface area contributed by atoms with Crippen LogP contribution < -0.4 is 21.3 Å². The summed E-state index contributed by atoms with van der Waals surface area (Å²) < 4.78 is 42.8. The molecule has 2 aromatic heterocycles. The minimum absolute atomic E-state index is 0.0970. The van der Waals surface area contributed by atoms with E-state index in [9.17, 15) is 23.1 Å². The first kappa shape index (κ1) is 30.0. The minimum atomic E-state index is -4.63. The Bertz CT molecular complexity index is 1620. The summed E-state index contributed by atoms with van der Waals surface area (Å²) in [7, 11) is 1.75. The van der Waals surface area contributed by atoms with E-state index in [1.807, 2.05) is 19.9 Å². The lowest BCUT2D eigenvalue weighted by Gasteiger charge is -2.18. The van der Waals surface area contributed by atoms with Crippen molar-refractivity contribution >= 4 is 28.9 Å². The molecule has 0 spiro atoms. The number of aliphatic hydroxyl groups is 1. The van der Waals surface area contributed by atoms with Crippen molar-refractivity contribution in [3.05, 3.63) is 82.8 Å². The second-order valence-electron chi connectivity index (χ2n) is 10.6. The summed E-state index contributed by atoms with van der Waals surface area (Å²) in [5.41, 5.74) is 1.93. The third-order valence-corrected chi connectivity index (χ3v) is 7.35. The van der Waals surface area contributed by atoms with E-state index in [4.69, 9.17) is 0 Å². The molecule has 13 heteroatoms. The maximum atomic E-state index is 13.7. The number of aromatic nitrogens is 4. The number of aryl methyl sites for hydroxylation is 2. The van der Waals surface area contributed by atoms with Crippen LogP contribution >= 0.6 is 0 Å². The van der Waals surface area contributed by atoms with E-state index in [0.717, 1.165) is 36.2 Å². The van der Waals surface area contributed by atoms with Crippen molar-refractivity contribution in [3.63, 3.8) is 0 Å². The summed E-state index contributed by atoms with van der Waals surface area (Å²) in [6.45, 7) is 3.83. The van der Waals surface area contributed by atoms with Gasteiger partial charge < -0.3 is 26.4 Å². The molecule has 1 aliphatic carbocycles. The second kappa shape index (κ2) is 12.4. The van der Waals surface area contributed by atoms with Gasteiger partial charge in [0.1, 0.15) is 18.0 Å². The Labute approximate surface area is 246 Å². The smallest absolute Gasteiger partial charge is 0.392 e. The molecule has 43 heavy (non-hydrogen) atoms. The lowest BCUT2D eigenvalue weighted by atomic mass is 10.0.